The van der Waals surface area contributed by atoms with E-state index in [1.165, 1.54) is 33.3 Å². The number of para-hydroxylation sites is 1. The maximum absolute atomic E-state index is 12.4. The highest BCUT2D eigenvalue weighted by atomic mass is 35.5. The molecule has 0 bridgehead atoms. The van der Waals surface area contributed by atoms with Crippen molar-refractivity contribution in [2.45, 2.75) is 26.9 Å². The minimum atomic E-state index is -0.997. The Morgan fingerprint density at radius 3 is 2.26 bits per heavy atom. The van der Waals surface area contributed by atoms with E-state index >= 15 is 0 Å². The van der Waals surface area contributed by atoms with Gasteiger partial charge in [0.25, 0.3) is 5.91 Å². The zero-order chi connectivity index (χ0) is 20.1. The predicted molar refractivity (Wildman–Crippen MR) is 104 cm³/mol. The Labute approximate surface area is 163 Å². The number of anilines is 1. The fraction of sp³-hybridized carbons (Fsp3) is 0.300. The van der Waals surface area contributed by atoms with Crippen molar-refractivity contribution >= 4 is 29.2 Å². The lowest BCUT2D eigenvalue weighted by atomic mass is 10.1. The molecule has 0 aliphatic rings. The molecule has 2 aromatic rings. The standard InChI is InChI=1S/C20H22ClNO5/c1-11-7-6-8-12(2)17(11)22-19(23)13(3)27-20(24)14-9-15(21)18(26-5)16(10-14)25-4/h6-10,13H,1-5H3,(H,22,23). The Kier molecular flexibility index (Phi) is 6.69. The average molecular weight is 392 g/mol. The Hall–Kier alpha value is -2.73. The number of carbonyl (C=O) groups is 2. The van der Waals surface area contributed by atoms with Crippen LogP contribution in [0, 0.1) is 13.8 Å². The third-order valence-electron chi connectivity index (χ3n) is 4.05. The van der Waals surface area contributed by atoms with Crippen LogP contribution in [-0.4, -0.2) is 32.2 Å². The van der Waals surface area contributed by atoms with Gasteiger partial charge in [-0.3, -0.25) is 4.79 Å². The fourth-order valence-electron chi connectivity index (χ4n) is 2.55. The van der Waals surface area contributed by atoms with Gasteiger partial charge in [-0.1, -0.05) is 29.8 Å². The van der Waals surface area contributed by atoms with E-state index in [4.69, 9.17) is 25.8 Å². The molecule has 1 amide bonds. The highest BCUT2D eigenvalue weighted by Crippen LogP contribution is 2.36. The van der Waals surface area contributed by atoms with E-state index in [9.17, 15) is 9.59 Å². The summed E-state index contributed by atoms with van der Waals surface area (Å²) in [5.41, 5.74) is 2.71. The van der Waals surface area contributed by atoms with Gasteiger partial charge in [-0.25, -0.2) is 4.79 Å². The summed E-state index contributed by atoms with van der Waals surface area (Å²) in [6.07, 6.45) is -0.997. The summed E-state index contributed by atoms with van der Waals surface area (Å²) in [7, 11) is 2.88. The van der Waals surface area contributed by atoms with Gasteiger partial charge in [0.1, 0.15) is 0 Å². The van der Waals surface area contributed by atoms with Crippen LogP contribution in [0.15, 0.2) is 30.3 Å². The number of hydrogen-bond acceptors (Lipinski definition) is 5. The zero-order valence-electron chi connectivity index (χ0n) is 15.9. The van der Waals surface area contributed by atoms with Crippen molar-refractivity contribution in [3.8, 4) is 11.5 Å². The van der Waals surface area contributed by atoms with Crippen LogP contribution < -0.4 is 14.8 Å². The predicted octanol–water partition coefficient (Wildman–Crippen LogP) is 4.16. The number of nitrogens with one attached hydrogen (secondary N) is 1. The van der Waals surface area contributed by atoms with E-state index in [-0.39, 0.29) is 10.6 Å². The molecule has 0 spiro atoms. The lowest BCUT2D eigenvalue weighted by Gasteiger charge is -2.17. The summed E-state index contributed by atoms with van der Waals surface area (Å²) in [5, 5.41) is 3.01. The van der Waals surface area contributed by atoms with Crippen LogP contribution in [0.3, 0.4) is 0 Å². The first-order valence-corrected chi connectivity index (χ1v) is 8.65. The summed E-state index contributed by atoms with van der Waals surface area (Å²) in [4.78, 5) is 24.8. The molecule has 2 aromatic carbocycles. The normalized spacial score (nSPS) is 11.5. The molecule has 2 rings (SSSR count). The summed E-state index contributed by atoms with van der Waals surface area (Å²) in [6, 6.07) is 8.55. The minimum Gasteiger partial charge on any atom is -0.493 e. The number of carbonyl (C=O) groups excluding carboxylic acids is 2. The van der Waals surface area contributed by atoms with Crippen LogP contribution in [0.25, 0.3) is 0 Å². The molecule has 7 heteroatoms. The van der Waals surface area contributed by atoms with Crippen molar-refractivity contribution in [1.29, 1.82) is 0 Å². The SMILES string of the molecule is COc1cc(C(=O)OC(C)C(=O)Nc2c(C)cccc2C)cc(Cl)c1OC. The lowest BCUT2D eigenvalue weighted by molar-refractivity contribution is -0.123. The van der Waals surface area contributed by atoms with Gasteiger partial charge in [-0.15, -0.1) is 0 Å². The molecular formula is C20H22ClNO5. The van der Waals surface area contributed by atoms with Crippen molar-refractivity contribution in [3.05, 3.63) is 52.0 Å². The molecular weight excluding hydrogens is 370 g/mol. The number of amides is 1. The van der Waals surface area contributed by atoms with Gasteiger partial charge in [-0.05, 0) is 44.0 Å². The van der Waals surface area contributed by atoms with E-state index < -0.39 is 18.0 Å². The second kappa shape index (κ2) is 8.77. The number of rotatable bonds is 6. The highest BCUT2D eigenvalue weighted by molar-refractivity contribution is 6.32. The quantitative estimate of drug-likeness (QED) is 0.748. The first kappa shape index (κ1) is 20.6. The molecule has 6 nitrogen and oxygen atoms in total. The van der Waals surface area contributed by atoms with Gasteiger partial charge in [0.15, 0.2) is 17.6 Å². The van der Waals surface area contributed by atoms with E-state index in [2.05, 4.69) is 5.32 Å². The van der Waals surface area contributed by atoms with Crippen molar-refractivity contribution < 1.29 is 23.8 Å². The largest absolute Gasteiger partial charge is 0.493 e. The van der Waals surface area contributed by atoms with Gasteiger partial charge in [-0.2, -0.15) is 0 Å². The molecule has 1 unspecified atom stereocenters. The molecule has 0 radical (unpaired) electrons. The molecule has 0 aromatic heterocycles. The molecule has 1 N–H and O–H groups in total. The summed E-state index contributed by atoms with van der Waals surface area (Å²) >= 11 is 6.11. The summed E-state index contributed by atoms with van der Waals surface area (Å²) < 4.78 is 15.6. The maximum Gasteiger partial charge on any atom is 0.339 e. The van der Waals surface area contributed by atoms with Gasteiger partial charge >= 0.3 is 5.97 Å². The molecule has 0 saturated carbocycles. The van der Waals surface area contributed by atoms with E-state index in [0.29, 0.717) is 17.2 Å². The number of ether oxygens (including phenoxy) is 3. The fourth-order valence-corrected chi connectivity index (χ4v) is 2.84. The Balaban J connectivity index is 2.13. The first-order valence-electron chi connectivity index (χ1n) is 8.28. The van der Waals surface area contributed by atoms with Crippen LogP contribution in [0.5, 0.6) is 11.5 Å². The number of halogens is 1. The molecule has 0 saturated heterocycles. The first-order chi connectivity index (χ1) is 12.8. The van der Waals surface area contributed by atoms with Gasteiger partial charge in [0, 0.05) is 5.69 Å². The van der Waals surface area contributed by atoms with Crippen LogP contribution in [0.1, 0.15) is 28.4 Å². The number of benzene rings is 2. The maximum atomic E-state index is 12.4. The van der Waals surface area contributed by atoms with Crippen molar-refractivity contribution in [2.24, 2.45) is 0 Å². The number of esters is 1. The monoisotopic (exact) mass is 391 g/mol. The second-order valence-corrected chi connectivity index (χ2v) is 6.40. The van der Waals surface area contributed by atoms with Crippen LogP contribution in [-0.2, 0) is 9.53 Å². The number of aryl methyl sites for hydroxylation is 2. The van der Waals surface area contributed by atoms with E-state index in [1.54, 1.807) is 0 Å². The summed E-state index contributed by atoms with van der Waals surface area (Å²) in [6.45, 7) is 5.29. The van der Waals surface area contributed by atoms with Gasteiger partial charge in [0.05, 0.1) is 24.8 Å². The van der Waals surface area contributed by atoms with E-state index in [1.807, 2.05) is 32.0 Å². The van der Waals surface area contributed by atoms with Crippen molar-refractivity contribution in [2.75, 3.05) is 19.5 Å². The molecule has 144 valence electrons. The van der Waals surface area contributed by atoms with Gasteiger partial charge < -0.3 is 19.5 Å². The molecule has 0 fully saturated rings. The third kappa shape index (κ3) is 4.71. The smallest absolute Gasteiger partial charge is 0.339 e. The number of hydrogen-bond donors (Lipinski definition) is 1. The minimum absolute atomic E-state index is 0.157. The molecule has 1 atom stereocenters. The molecule has 0 aliphatic heterocycles. The average Bonchev–Trinajstić information content (AvgIpc) is 2.63. The van der Waals surface area contributed by atoms with E-state index in [0.717, 1.165) is 11.1 Å². The van der Waals surface area contributed by atoms with Crippen LogP contribution >= 0.6 is 11.6 Å². The lowest BCUT2D eigenvalue weighted by Crippen LogP contribution is -2.30. The van der Waals surface area contributed by atoms with Crippen molar-refractivity contribution in [3.63, 3.8) is 0 Å². The van der Waals surface area contributed by atoms with Crippen LogP contribution in [0.4, 0.5) is 5.69 Å². The topological polar surface area (TPSA) is 73.9 Å². The Bertz CT molecular complexity index is 845. The molecule has 0 aliphatic carbocycles. The number of methoxy groups -OCH3 is 2. The molecule has 27 heavy (non-hydrogen) atoms. The Morgan fingerprint density at radius 1 is 1.07 bits per heavy atom. The van der Waals surface area contributed by atoms with Gasteiger partial charge in [0.2, 0.25) is 0 Å². The third-order valence-corrected chi connectivity index (χ3v) is 4.33. The molecule has 0 heterocycles. The van der Waals surface area contributed by atoms with Crippen LogP contribution in [0.2, 0.25) is 5.02 Å². The Morgan fingerprint density at radius 2 is 1.70 bits per heavy atom. The zero-order valence-corrected chi connectivity index (χ0v) is 16.6. The highest BCUT2D eigenvalue weighted by Gasteiger charge is 2.22. The van der Waals surface area contributed by atoms with Crippen molar-refractivity contribution in [1.82, 2.24) is 0 Å². The second-order valence-electron chi connectivity index (χ2n) is 6.00. The summed E-state index contributed by atoms with van der Waals surface area (Å²) in [5.74, 6) is -0.504.